The molecule has 1 heterocycles. The number of aromatic nitrogens is 1. The summed E-state index contributed by atoms with van der Waals surface area (Å²) in [4.78, 5) is 4.48. The quantitative estimate of drug-likeness (QED) is 0.872. The Kier molecular flexibility index (Phi) is 5.49. The normalized spacial score (nSPS) is 10.6. The summed E-state index contributed by atoms with van der Waals surface area (Å²) < 4.78 is 19.5. The van der Waals surface area contributed by atoms with Crippen LogP contribution in [-0.2, 0) is 13.2 Å². The highest BCUT2D eigenvalue weighted by Crippen LogP contribution is 2.26. The number of hydrogen-bond acceptors (Lipinski definition) is 3. The molecule has 20 heavy (non-hydrogen) atoms. The number of nitrogens with zero attached hydrogens (tertiary/aromatic N) is 1. The molecule has 1 aromatic heterocycles. The van der Waals surface area contributed by atoms with Gasteiger partial charge in [0.2, 0.25) is 0 Å². The van der Waals surface area contributed by atoms with Crippen LogP contribution in [0.1, 0.15) is 18.3 Å². The molecule has 2 rings (SSSR count). The van der Waals surface area contributed by atoms with E-state index in [0.717, 1.165) is 29.0 Å². The monoisotopic (exact) mass is 338 g/mol. The van der Waals surface area contributed by atoms with Crippen LogP contribution in [0.25, 0.3) is 0 Å². The van der Waals surface area contributed by atoms with Crippen LogP contribution < -0.4 is 10.1 Å². The second-order valence-corrected chi connectivity index (χ2v) is 5.12. The molecule has 0 aliphatic carbocycles. The lowest BCUT2D eigenvalue weighted by molar-refractivity contribution is 0.297. The summed E-state index contributed by atoms with van der Waals surface area (Å²) in [5, 5.41) is 3.22. The van der Waals surface area contributed by atoms with E-state index in [9.17, 15) is 4.39 Å². The van der Waals surface area contributed by atoms with Crippen molar-refractivity contribution in [3.8, 4) is 5.75 Å². The fourth-order valence-corrected chi connectivity index (χ4v) is 2.06. The minimum Gasteiger partial charge on any atom is -0.486 e. The second-order valence-electron chi connectivity index (χ2n) is 4.26. The highest BCUT2D eigenvalue weighted by Gasteiger charge is 2.04. The minimum absolute atomic E-state index is 0.308. The molecule has 0 unspecified atom stereocenters. The zero-order valence-electron chi connectivity index (χ0n) is 11.2. The SMILES string of the molecule is CCNCc1cccc(COc2cc(F)ccc2Br)n1. The zero-order valence-corrected chi connectivity index (χ0v) is 12.8. The number of rotatable bonds is 6. The molecule has 0 bridgehead atoms. The topological polar surface area (TPSA) is 34.1 Å². The van der Waals surface area contributed by atoms with Gasteiger partial charge >= 0.3 is 0 Å². The van der Waals surface area contributed by atoms with Gasteiger partial charge in [0.25, 0.3) is 0 Å². The molecule has 1 aromatic carbocycles. The number of benzene rings is 1. The smallest absolute Gasteiger partial charge is 0.136 e. The van der Waals surface area contributed by atoms with Gasteiger partial charge in [-0.05, 0) is 46.7 Å². The third-order valence-electron chi connectivity index (χ3n) is 2.69. The predicted molar refractivity (Wildman–Crippen MR) is 80.0 cm³/mol. The van der Waals surface area contributed by atoms with Crippen molar-refractivity contribution in [3.05, 3.63) is 58.1 Å². The van der Waals surface area contributed by atoms with Crippen LogP contribution in [-0.4, -0.2) is 11.5 Å². The number of nitrogens with one attached hydrogen (secondary N) is 1. The van der Waals surface area contributed by atoms with Crippen LogP contribution in [0.15, 0.2) is 40.9 Å². The van der Waals surface area contributed by atoms with Crippen molar-refractivity contribution < 1.29 is 9.13 Å². The van der Waals surface area contributed by atoms with Gasteiger partial charge in [-0.1, -0.05) is 13.0 Å². The highest BCUT2D eigenvalue weighted by atomic mass is 79.9. The molecule has 0 aliphatic heterocycles. The summed E-state index contributed by atoms with van der Waals surface area (Å²) >= 11 is 3.33. The molecule has 0 aliphatic rings. The van der Waals surface area contributed by atoms with Crippen molar-refractivity contribution in [2.45, 2.75) is 20.1 Å². The van der Waals surface area contributed by atoms with Crippen molar-refractivity contribution in [2.75, 3.05) is 6.54 Å². The van der Waals surface area contributed by atoms with Crippen molar-refractivity contribution in [1.82, 2.24) is 10.3 Å². The van der Waals surface area contributed by atoms with Crippen molar-refractivity contribution in [3.63, 3.8) is 0 Å². The van der Waals surface area contributed by atoms with E-state index in [1.807, 2.05) is 18.2 Å². The van der Waals surface area contributed by atoms with E-state index >= 15 is 0 Å². The maximum atomic E-state index is 13.2. The second kappa shape index (κ2) is 7.36. The fraction of sp³-hybridized carbons (Fsp3) is 0.267. The largest absolute Gasteiger partial charge is 0.486 e. The molecule has 106 valence electrons. The van der Waals surface area contributed by atoms with E-state index in [1.54, 1.807) is 6.07 Å². The van der Waals surface area contributed by atoms with E-state index in [4.69, 9.17) is 4.74 Å². The zero-order chi connectivity index (χ0) is 14.4. The molecule has 0 radical (unpaired) electrons. The summed E-state index contributed by atoms with van der Waals surface area (Å²) in [5.74, 6) is 0.154. The Morgan fingerprint density at radius 3 is 2.85 bits per heavy atom. The Hall–Kier alpha value is -1.46. The van der Waals surface area contributed by atoms with Crippen LogP contribution >= 0.6 is 15.9 Å². The Morgan fingerprint density at radius 1 is 1.25 bits per heavy atom. The highest BCUT2D eigenvalue weighted by molar-refractivity contribution is 9.10. The lowest BCUT2D eigenvalue weighted by Crippen LogP contribution is -2.13. The summed E-state index contributed by atoms with van der Waals surface area (Å²) in [5.41, 5.74) is 1.78. The molecular formula is C15H16BrFN2O. The Morgan fingerprint density at radius 2 is 2.05 bits per heavy atom. The molecule has 2 aromatic rings. The lowest BCUT2D eigenvalue weighted by atomic mass is 10.3. The average molecular weight is 339 g/mol. The molecule has 0 fully saturated rings. The van der Waals surface area contributed by atoms with Crippen LogP contribution in [0.2, 0.25) is 0 Å². The van der Waals surface area contributed by atoms with Crippen LogP contribution in [0.4, 0.5) is 4.39 Å². The van der Waals surface area contributed by atoms with Gasteiger partial charge < -0.3 is 10.1 Å². The van der Waals surface area contributed by atoms with Gasteiger partial charge in [0, 0.05) is 12.6 Å². The molecule has 0 saturated carbocycles. The van der Waals surface area contributed by atoms with E-state index in [-0.39, 0.29) is 5.82 Å². The van der Waals surface area contributed by atoms with Crippen molar-refractivity contribution in [1.29, 1.82) is 0 Å². The molecule has 0 atom stereocenters. The van der Waals surface area contributed by atoms with E-state index in [2.05, 4.69) is 33.2 Å². The molecule has 1 N–H and O–H groups in total. The Balaban J connectivity index is 2.01. The molecule has 0 spiro atoms. The van der Waals surface area contributed by atoms with Gasteiger partial charge in [-0.2, -0.15) is 0 Å². The van der Waals surface area contributed by atoms with Gasteiger partial charge in [-0.3, -0.25) is 4.98 Å². The molecular weight excluding hydrogens is 323 g/mol. The lowest BCUT2D eigenvalue weighted by Gasteiger charge is -2.09. The van der Waals surface area contributed by atoms with E-state index < -0.39 is 0 Å². The Labute approximate surface area is 126 Å². The van der Waals surface area contributed by atoms with E-state index in [0.29, 0.717) is 12.4 Å². The first-order valence-corrected chi connectivity index (χ1v) is 7.21. The first-order chi connectivity index (χ1) is 9.69. The summed E-state index contributed by atoms with van der Waals surface area (Å²) in [7, 11) is 0. The minimum atomic E-state index is -0.322. The number of hydrogen-bond donors (Lipinski definition) is 1. The van der Waals surface area contributed by atoms with Gasteiger partial charge in [-0.15, -0.1) is 0 Å². The third kappa shape index (κ3) is 4.28. The van der Waals surface area contributed by atoms with Gasteiger partial charge in [0.05, 0.1) is 15.9 Å². The van der Waals surface area contributed by atoms with Crippen LogP contribution in [0, 0.1) is 5.82 Å². The summed E-state index contributed by atoms with van der Waals surface area (Å²) in [6.45, 7) is 3.99. The number of halogens is 2. The summed E-state index contributed by atoms with van der Waals surface area (Å²) in [6, 6.07) is 10.2. The summed E-state index contributed by atoms with van der Waals surface area (Å²) in [6.07, 6.45) is 0. The third-order valence-corrected chi connectivity index (χ3v) is 3.34. The van der Waals surface area contributed by atoms with Crippen LogP contribution in [0.5, 0.6) is 5.75 Å². The molecule has 3 nitrogen and oxygen atoms in total. The van der Waals surface area contributed by atoms with Crippen LogP contribution in [0.3, 0.4) is 0 Å². The van der Waals surface area contributed by atoms with Gasteiger partial charge in [0.15, 0.2) is 0 Å². The Bertz CT molecular complexity index is 578. The first-order valence-electron chi connectivity index (χ1n) is 6.42. The van der Waals surface area contributed by atoms with Crippen molar-refractivity contribution >= 4 is 15.9 Å². The fourth-order valence-electron chi connectivity index (χ4n) is 1.70. The first kappa shape index (κ1) is 14.9. The van der Waals surface area contributed by atoms with Gasteiger partial charge in [0.1, 0.15) is 18.2 Å². The van der Waals surface area contributed by atoms with E-state index in [1.165, 1.54) is 12.1 Å². The van der Waals surface area contributed by atoms with Gasteiger partial charge in [-0.25, -0.2) is 4.39 Å². The average Bonchev–Trinajstić information content (AvgIpc) is 2.46. The predicted octanol–water partition coefficient (Wildman–Crippen LogP) is 3.67. The standard InChI is InChI=1S/C15H16BrFN2O/c1-2-18-9-12-4-3-5-13(19-12)10-20-15-8-11(17)6-7-14(15)16/h3-8,18H,2,9-10H2,1H3. The maximum absolute atomic E-state index is 13.2. The number of ether oxygens (including phenoxy) is 1. The maximum Gasteiger partial charge on any atom is 0.136 e. The van der Waals surface area contributed by atoms with Crippen molar-refractivity contribution in [2.24, 2.45) is 0 Å². The molecule has 0 saturated heterocycles. The number of pyridine rings is 1. The molecule has 5 heteroatoms. The molecule has 0 amide bonds.